The molecule has 6 unspecified atom stereocenters. The minimum Gasteiger partial charge on any atom is -0.398 e. The van der Waals surface area contributed by atoms with E-state index in [1.54, 1.807) is 63.8 Å². The number of hydrogen-bond acceptors (Lipinski definition) is 8. The van der Waals surface area contributed by atoms with Crippen LogP contribution in [0.3, 0.4) is 0 Å². The maximum atomic E-state index is 13.6. The van der Waals surface area contributed by atoms with Crippen molar-refractivity contribution in [3.8, 4) is 0 Å². The van der Waals surface area contributed by atoms with Crippen LogP contribution in [0.15, 0.2) is 0 Å². The number of hydrogen-bond donors (Lipinski definition) is 0. The average Bonchev–Trinajstić information content (AvgIpc) is 3.95. The van der Waals surface area contributed by atoms with Gasteiger partial charge in [0.1, 0.15) is 11.1 Å². The number of halogens is 12. The quantitative estimate of drug-likeness (QED) is 0.176. The second kappa shape index (κ2) is 39.3. The van der Waals surface area contributed by atoms with E-state index in [0.29, 0.717) is 50.9 Å². The summed E-state index contributed by atoms with van der Waals surface area (Å²) in [5.74, 6) is -8.33. The Kier molecular flexibility index (Phi) is 46.6. The normalized spacial score (nSPS) is 31.9. The molecule has 11 aliphatic rings. The van der Waals surface area contributed by atoms with E-state index in [0.717, 1.165) is 57.8 Å². The molecule has 0 heterocycles. The molecule has 0 saturated heterocycles. The molecule has 11 aliphatic carbocycles. The van der Waals surface area contributed by atoms with Gasteiger partial charge in [-0.25, -0.2) is 26.3 Å². The van der Waals surface area contributed by atoms with E-state index in [1.807, 2.05) is 52.4 Å². The summed E-state index contributed by atoms with van der Waals surface area (Å²) in [5, 5.41) is 0. The molecule has 8 nitrogen and oxygen atoms in total. The standard InChI is InChI=1S/C10H15F3.C9H11F5.C9H13F3.C9H15F.4C4H12O2Si.8CH4/c1-9(10(11,12)13)6-7-2-4-8(9)5-3-7;1-7(9(12,13)14)5-2-3-6(4-5)8(7,10)11;1-8(10)6-2-4-7(5-3-6)9(8,11)12;1-9(10)6-7-2-4-8(9)5-3-7;4*1-5-7(3,4)6-2;;;;;;;;/h7-8H,2-6H2,1H3;5-6H,2-4H2,1H3;6-7H,2-5H2,1H3;7-8H,2-6H2,1H3;4*1-4H3;8*1H4. The third kappa shape index (κ3) is 26.7. The first-order valence-electron chi connectivity index (χ1n) is 27.5. The van der Waals surface area contributed by atoms with Crippen molar-refractivity contribution in [2.24, 2.45) is 58.2 Å². The molecule has 85 heavy (non-hydrogen) atoms. The predicted octanol–water partition coefficient (Wildman–Crippen LogP) is 22.5. The molecule has 6 atom stereocenters. The second-order valence-corrected chi connectivity index (χ2v) is 39.5. The van der Waals surface area contributed by atoms with E-state index in [-0.39, 0.29) is 84.6 Å². The van der Waals surface area contributed by atoms with Gasteiger partial charge in [0.2, 0.25) is 0 Å². The van der Waals surface area contributed by atoms with Gasteiger partial charge < -0.3 is 35.4 Å². The summed E-state index contributed by atoms with van der Waals surface area (Å²) in [6.07, 6.45) is 3.83. The molecule has 526 valence electrons. The van der Waals surface area contributed by atoms with Gasteiger partial charge in [0.05, 0.1) is 5.41 Å². The Morgan fingerprint density at radius 3 is 0.706 bits per heavy atom. The van der Waals surface area contributed by atoms with Crippen molar-refractivity contribution in [3.05, 3.63) is 0 Å². The van der Waals surface area contributed by atoms with E-state index in [4.69, 9.17) is 35.4 Å². The SMILES string of the molecule is C.C.C.C.C.C.C.C.CC1(C(F)(F)F)C2CCC(C2)C1(F)F.CC1(C(F)(F)F)CC2CCC1CC2.CC1(F)C2CCC(CC2)C1(F)F.CC1(F)CC2CCC1CC2.CO[Si](C)(C)OC.CO[Si](C)(C)OC.CO[Si](C)(C)OC.CO[Si](C)(C)OC. The van der Waals surface area contributed by atoms with E-state index in [9.17, 15) is 52.7 Å². The summed E-state index contributed by atoms with van der Waals surface area (Å²) in [4.78, 5) is 0. The summed E-state index contributed by atoms with van der Waals surface area (Å²) in [6, 6.07) is 0. The van der Waals surface area contributed by atoms with Crippen molar-refractivity contribution in [1.29, 1.82) is 0 Å². The number of rotatable bonds is 8. The zero-order valence-corrected chi connectivity index (χ0v) is 54.4. The summed E-state index contributed by atoms with van der Waals surface area (Å²) < 4.78 is 197. The van der Waals surface area contributed by atoms with Gasteiger partial charge in [-0.2, -0.15) is 26.3 Å². The Balaban J connectivity index is -0.000000133. The maximum absolute atomic E-state index is 13.6. The Labute approximate surface area is 519 Å². The summed E-state index contributed by atoms with van der Waals surface area (Å²) in [7, 11) is 6.81. The highest BCUT2D eigenvalue weighted by atomic mass is 28.4. The van der Waals surface area contributed by atoms with Crippen molar-refractivity contribution in [3.63, 3.8) is 0 Å². The van der Waals surface area contributed by atoms with Gasteiger partial charge in [-0.05, 0) is 205 Å². The molecule has 11 saturated carbocycles. The number of fused-ring (bicyclic) bond motifs is 11. The first-order valence-corrected chi connectivity index (χ1v) is 38.7. The fourth-order valence-corrected chi connectivity index (χ4v) is 12.4. The molecule has 0 N–H and O–H groups in total. The van der Waals surface area contributed by atoms with Crippen molar-refractivity contribution in [1.82, 2.24) is 0 Å². The van der Waals surface area contributed by atoms with Crippen LogP contribution in [0.4, 0.5) is 52.7 Å². The van der Waals surface area contributed by atoms with Crippen molar-refractivity contribution in [2.75, 3.05) is 56.9 Å². The molecule has 11 rings (SSSR count). The summed E-state index contributed by atoms with van der Waals surface area (Å²) >= 11 is 0. The number of alkyl halides is 12. The van der Waals surface area contributed by atoms with Crippen LogP contribution in [0.1, 0.15) is 196 Å². The van der Waals surface area contributed by atoms with Gasteiger partial charge in [-0.3, -0.25) is 0 Å². The lowest BCUT2D eigenvalue weighted by Crippen LogP contribution is -2.58. The lowest BCUT2D eigenvalue weighted by molar-refractivity contribution is -0.308. The zero-order valence-electron chi connectivity index (χ0n) is 50.4. The molecule has 0 amide bonds. The topological polar surface area (TPSA) is 73.8 Å². The minimum absolute atomic E-state index is 0. The van der Waals surface area contributed by atoms with Gasteiger partial charge in [-0.15, -0.1) is 0 Å². The highest BCUT2D eigenvalue weighted by Crippen LogP contribution is 2.69. The molecule has 0 radical (unpaired) electrons. The van der Waals surface area contributed by atoms with Crippen LogP contribution >= 0.6 is 0 Å². The Morgan fingerprint density at radius 2 is 0.576 bits per heavy atom. The fourth-order valence-electron chi connectivity index (χ4n) is 11.8. The fraction of sp³-hybridized carbons (Fsp3) is 1.00. The van der Waals surface area contributed by atoms with E-state index in [1.165, 1.54) is 19.8 Å². The zero-order chi connectivity index (χ0) is 60.3. The third-order valence-corrected chi connectivity index (χ3v) is 27.0. The van der Waals surface area contributed by atoms with Crippen LogP contribution in [0.5, 0.6) is 0 Å². The largest absolute Gasteiger partial charge is 0.400 e. The maximum Gasteiger partial charge on any atom is 0.400 e. The summed E-state index contributed by atoms with van der Waals surface area (Å²) in [5.41, 5.74) is -7.20. The predicted molar refractivity (Wildman–Crippen MR) is 344 cm³/mol. The van der Waals surface area contributed by atoms with Crippen LogP contribution in [0.25, 0.3) is 0 Å². The average molecular weight is 1340 g/mol. The molecular formula is C61H134F12O8Si4. The van der Waals surface area contributed by atoms with E-state index in [2.05, 4.69) is 0 Å². The van der Waals surface area contributed by atoms with Crippen LogP contribution in [0, 0.1) is 58.2 Å². The third-order valence-electron chi connectivity index (χ3n) is 19.1. The molecule has 0 spiro atoms. The second-order valence-electron chi connectivity index (χ2n) is 25.0. The van der Waals surface area contributed by atoms with Crippen LogP contribution in [0.2, 0.25) is 52.4 Å². The Morgan fingerprint density at radius 1 is 0.318 bits per heavy atom. The van der Waals surface area contributed by atoms with Gasteiger partial charge in [0.25, 0.3) is 11.8 Å². The molecule has 11 fully saturated rings. The lowest BCUT2D eigenvalue weighted by Gasteiger charge is -2.50. The Bertz CT molecular complexity index is 1600. The molecule has 8 bridgehead atoms. The van der Waals surface area contributed by atoms with Crippen molar-refractivity contribution < 1.29 is 88.1 Å². The van der Waals surface area contributed by atoms with Crippen LogP contribution < -0.4 is 0 Å². The van der Waals surface area contributed by atoms with Crippen molar-refractivity contribution in [2.45, 2.75) is 284 Å². The molecule has 0 aromatic carbocycles. The highest BCUT2D eigenvalue weighted by Gasteiger charge is 2.77. The van der Waals surface area contributed by atoms with Gasteiger partial charge >= 0.3 is 46.6 Å². The molecule has 0 aliphatic heterocycles. The van der Waals surface area contributed by atoms with Gasteiger partial charge in [-0.1, -0.05) is 79.2 Å². The first-order chi connectivity index (χ1) is 34.8. The van der Waals surface area contributed by atoms with Gasteiger partial charge in [0.15, 0.2) is 5.67 Å². The molecule has 0 aromatic rings. The van der Waals surface area contributed by atoms with Crippen molar-refractivity contribution >= 4 is 34.2 Å². The lowest BCUT2D eigenvalue weighted by atomic mass is 9.56. The van der Waals surface area contributed by atoms with Crippen LogP contribution in [-0.2, 0) is 35.4 Å². The van der Waals surface area contributed by atoms with Crippen LogP contribution in [-0.4, -0.2) is 127 Å². The van der Waals surface area contributed by atoms with Gasteiger partial charge in [0, 0.05) is 68.7 Å². The molecular weight excluding hydrogens is 1200 g/mol. The minimum atomic E-state index is -4.80. The smallest absolute Gasteiger partial charge is 0.398 e. The first kappa shape index (κ1) is 101. The highest BCUT2D eigenvalue weighted by molar-refractivity contribution is 6.65. The molecule has 0 aromatic heterocycles. The van der Waals surface area contributed by atoms with E-state index < -0.39 is 104 Å². The molecule has 24 heteroatoms. The monoisotopic (exact) mass is 1330 g/mol. The van der Waals surface area contributed by atoms with E-state index >= 15 is 0 Å². The Hall–Kier alpha value is -0.292. The summed E-state index contributed by atoms with van der Waals surface area (Å²) in [6.45, 7) is 20.9.